The first-order valence-electron chi connectivity index (χ1n) is 9.13. The van der Waals surface area contributed by atoms with Gasteiger partial charge in [0, 0.05) is 34.5 Å². The summed E-state index contributed by atoms with van der Waals surface area (Å²) in [4.78, 5) is 19.8. The van der Waals surface area contributed by atoms with Crippen LogP contribution < -0.4 is 10.9 Å². The van der Waals surface area contributed by atoms with Crippen molar-refractivity contribution in [2.24, 2.45) is 4.99 Å². The van der Waals surface area contributed by atoms with E-state index in [0.717, 1.165) is 45.6 Å². The quantitative estimate of drug-likeness (QED) is 0.355. The van der Waals surface area contributed by atoms with Gasteiger partial charge in [0.2, 0.25) is 0 Å². The topological polar surface area (TPSA) is 57.2 Å². The Balaban J connectivity index is 1.83. The lowest BCUT2D eigenvalue weighted by atomic mass is 9.94. The minimum absolute atomic E-state index is 0.0745. The molecule has 0 aliphatic heterocycles. The number of benzene rings is 2. The minimum Gasteiger partial charge on any atom is -0.346 e. The van der Waals surface area contributed by atoms with Crippen LogP contribution in [0.5, 0.6) is 0 Å². The van der Waals surface area contributed by atoms with Gasteiger partial charge in [-0.3, -0.25) is 4.79 Å². The molecule has 4 nitrogen and oxygen atoms in total. The van der Waals surface area contributed by atoms with Gasteiger partial charge < -0.3 is 10.3 Å². The molecule has 1 aromatic heterocycles. The van der Waals surface area contributed by atoms with Crippen molar-refractivity contribution in [1.29, 1.82) is 0 Å². The van der Waals surface area contributed by atoms with E-state index in [4.69, 9.17) is 11.6 Å². The number of rotatable bonds is 4. The zero-order valence-corrected chi connectivity index (χ0v) is 16.5. The predicted molar refractivity (Wildman–Crippen MR) is 117 cm³/mol. The molecular weight excluding hydrogens is 370 g/mol. The first kappa shape index (κ1) is 18.3. The Bertz CT molecular complexity index is 1170. The van der Waals surface area contributed by atoms with Crippen LogP contribution in [0.2, 0.25) is 5.02 Å². The standard InChI is InChI=1S/C23H20ClN3O/c1-3-9-25-13-26-18-6-4-5-16(10-18)21-14(2)23(28)27-22-19-12-17(24)8-7-15(19)11-20(21)22/h3-10,12-13H,11H2,1-2H3,(H,25,26)(H,27,28)/b9-3-. The first-order valence-corrected chi connectivity index (χ1v) is 9.50. The molecule has 1 aliphatic carbocycles. The summed E-state index contributed by atoms with van der Waals surface area (Å²) in [7, 11) is 0. The molecule has 0 saturated heterocycles. The molecule has 0 fully saturated rings. The summed E-state index contributed by atoms with van der Waals surface area (Å²) in [6, 6.07) is 13.9. The van der Waals surface area contributed by atoms with Gasteiger partial charge in [-0.25, -0.2) is 4.99 Å². The lowest BCUT2D eigenvalue weighted by Crippen LogP contribution is -2.13. The number of halogens is 1. The van der Waals surface area contributed by atoms with E-state index in [0.29, 0.717) is 5.02 Å². The van der Waals surface area contributed by atoms with Crippen LogP contribution in [-0.2, 0) is 6.42 Å². The van der Waals surface area contributed by atoms with Gasteiger partial charge in [0.15, 0.2) is 0 Å². The number of anilines is 1. The van der Waals surface area contributed by atoms with Gasteiger partial charge in [-0.15, -0.1) is 0 Å². The third kappa shape index (κ3) is 3.27. The van der Waals surface area contributed by atoms with Crippen LogP contribution in [0, 0.1) is 6.92 Å². The summed E-state index contributed by atoms with van der Waals surface area (Å²) < 4.78 is 0. The summed E-state index contributed by atoms with van der Waals surface area (Å²) in [6.07, 6.45) is 6.00. The normalized spacial score (nSPS) is 12.5. The number of aromatic amines is 1. The average Bonchev–Trinajstić information content (AvgIpc) is 3.03. The minimum atomic E-state index is -0.0745. The highest BCUT2D eigenvalue weighted by Gasteiger charge is 2.25. The van der Waals surface area contributed by atoms with Crippen molar-refractivity contribution in [2.45, 2.75) is 20.3 Å². The summed E-state index contributed by atoms with van der Waals surface area (Å²) in [5, 5.41) is 3.84. The fraction of sp³-hybridized carbons (Fsp3) is 0.130. The number of aromatic nitrogens is 1. The maximum atomic E-state index is 12.7. The Labute approximate surface area is 168 Å². The van der Waals surface area contributed by atoms with Gasteiger partial charge in [0.1, 0.15) is 0 Å². The molecule has 0 unspecified atom stereocenters. The van der Waals surface area contributed by atoms with E-state index in [1.165, 1.54) is 5.56 Å². The number of fused-ring (bicyclic) bond motifs is 3. The van der Waals surface area contributed by atoms with E-state index >= 15 is 0 Å². The van der Waals surface area contributed by atoms with Gasteiger partial charge >= 0.3 is 0 Å². The molecule has 0 saturated carbocycles. The van der Waals surface area contributed by atoms with E-state index in [1.54, 1.807) is 12.5 Å². The van der Waals surface area contributed by atoms with Crippen molar-refractivity contribution in [3.63, 3.8) is 0 Å². The van der Waals surface area contributed by atoms with E-state index < -0.39 is 0 Å². The molecule has 0 spiro atoms. The maximum Gasteiger partial charge on any atom is 0.251 e. The molecule has 2 aromatic carbocycles. The maximum absolute atomic E-state index is 12.7. The van der Waals surface area contributed by atoms with Crippen LogP contribution in [0.25, 0.3) is 22.4 Å². The number of nitrogens with zero attached hydrogens (tertiary/aromatic N) is 1. The van der Waals surface area contributed by atoms with Gasteiger partial charge in [-0.05, 0) is 60.4 Å². The van der Waals surface area contributed by atoms with E-state index in [9.17, 15) is 4.79 Å². The fourth-order valence-corrected chi connectivity index (χ4v) is 3.85. The molecule has 2 N–H and O–H groups in total. The summed E-state index contributed by atoms with van der Waals surface area (Å²) in [6.45, 7) is 3.79. The Morgan fingerprint density at radius 3 is 2.89 bits per heavy atom. The fourth-order valence-electron chi connectivity index (χ4n) is 3.68. The zero-order chi connectivity index (χ0) is 19.7. The smallest absolute Gasteiger partial charge is 0.251 e. The number of hydrogen-bond acceptors (Lipinski definition) is 2. The van der Waals surface area contributed by atoms with E-state index in [2.05, 4.69) is 15.3 Å². The molecule has 5 heteroatoms. The Morgan fingerprint density at radius 1 is 1.21 bits per heavy atom. The SMILES string of the molecule is C/C=C\N=CNc1cccc(-c2c3c([nH]c(=O)c2C)-c2cc(Cl)ccc2C3)c1. The van der Waals surface area contributed by atoms with E-state index in [-0.39, 0.29) is 5.56 Å². The van der Waals surface area contributed by atoms with Gasteiger partial charge in [0.05, 0.1) is 12.0 Å². The summed E-state index contributed by atoms with van der Waals surface area (Å²) >= 11 is 6.19. The molecule has 4 rings (SSSR count). The van der Waals surface area contributed by atoms with Crippen molar-refractivity contribution in [3.8, 4) is 22.4 Å². The third-order valence-corrected chi connectivity index (χ3v) is 5.19. The molecule has 0 bridgehead atoms. The second-order valence-corrected chi connectivity index (χ2v) is 7.21. The lowest BCUT2D eigenvalue weighted by Gasteiger charge is -2.13. The number of pyridine rings is 1. The molecule has 0 radical (unpaired) electrons. The number of allylic oxidation sites excluding steroid dienone is 1. The van der Waals surface area contributed by atoms with Gasteiger partial charge in [-0.1, -0.05) is 35.9 Å². The molecule has 1 aliphatic rings. The van der Waals surface area contributed by atoms with Crippen molar-refractivity contribution >= 4 is 23.6 Å². The molecule has 0 atom stereocenters. The number of nitrogens with one attached hydrogen (secondary N) is 2. The third-order valence-electron chi connectivity index (χ3n) is 4.96. The highest BCUT2D eigenvalue weighted by molar-refractivity contribution is 6.31. The number of aliphatic imine (C=N–C) groups is 1. The Hall–Kier alpha value is -3.11. The van der Waals surface area contributed by atoms with Gasteiger partial charge in [0.25, 0.3) is 5.56 Å². The Kier molecular flexibility index (Phi) is 4.88. The van der Waals surface area contributed by atoms with Gasteiger partial charge in [-0.2, -0.15) is 0 Å². The van der Waals surface area contributed by atoms with Crippen molar-refractivity contribution in [1.82, 2.24) is 4.98 Å². The summed E-state index contributed by atoms with van der Waals surface area (Å²) in [5.74, 6) is 0. The molecule has 3 aromatic rings. The van der Waals surface area contributed by atoms with Crippen molar-refractivity contribution < 1.29 is 0 Å². The number of H-pyrrole nitrogens is 1. The van der Waals surface area contributed by atoms with Crippen LogP contribution in [0.4, 0.5) is 5.69 Å². The lowest BCUT2D eigenvalue weighted by molar-refractivity contribution is 1.15. The van der Waals surface area contributed by atoms with Crippen LogP contribution in [0.15, 0.2) is 64.5 Å². The number of hydrogen-bond donors (Lipinski definition) is 2. The molecule has 28 heavy (non-hydrogen) atoms. The van der Waals surface area contributed by atoms with Crippen LogP contribution in [0.1, 0.15) is 23.6 Å². The molecule has 1 heterocycles. The summed E-state index contributed by atoms with van der Waals surface area (Å²) in [5.41, 5.74) is 7.74. The Morgan fingerprint density at radius 2 is 2.07 bits per heavy atom. The van der Waals surface area contributed by atoms with Crippen LogP contribution in [-0.4, -0.2) is 11.3 Å². The second kappa shape index (κ2) is 7.49. The molecular formula is C23H20ClN3O. The van der Waals surface area contributed by atoms with E-state index in [1.807, 2.05) is 62.4 Å². The van der Waals surface area contributed by atoms with Crippen LogP contribution >= 0.6 is 11.6 Å². The zero-order valence-electron chi connectivity index (χ0n) is 15.7. The molecule has 0 amide bonds. The van der Waals surface area contributed by atoms with Crippen LogP contribution in [0.3, 0.4) is 0 Å². The monoisotopic (exact) mass is 389 g/mol. The van der Waals surface area contributed by atoms with Crippen molar-refractivity contribution in [2.75, 3.05) is 5.32 Å². The highest BCUT2D eigenvalue weighted by Crippen LogP contribution is 2.41. The average molecular weight is 390 g/mol. The van der Waals surface area contributed by atoms with Crippen molar-refractivity contribution in [3.05, 3.63) is 86.8 Å². The predicted octanol–water partition coefficient (Wildman–Crippen LogP) is 5.55. The highest BCUT2D eigenvalue weighted by atomic mass is 35.5. The molecule has 140 valence electrons. The first-order chi connectivity index (χ1) is 13.6. The largest absolute Gasteiger partial charge is 0.346 e. The second-order valence-electron chi connectivity index (χ2n) is 6.77.